The standard InChI is InChI=1S/C7H12O6S/c1-5(2)7(9)3-6(8)4-13-14(10,11)12/h6,8H,1,3-4H2,2H3,(H,10,11,12). The van der Waals surface area contributed by atoms with Crippen molar-refractivity contribution in [2.45, 2.75) is 19.4 Å². The maximum atomic E-state index is 11.0. The highest BCUT2D eigenvalue weighted by Gasteiger charge is 2.14. The Morgan fingerprint density at radius 1 is 1.57 bits per heavy atom. The van der Waals surface area contributed by atoms with Crippen LogP contribution in [0.15, 0.2) is 12.2 Å². The zero-order chi connectivity index (χ0) is 11.4. The van der Waals surface area contributed by atoms with Crippen molar-refractivity contribution in [3.63, 3.8) is 0 Å². The molecule has 0 fully saturated rings. The van der Waals surface area contributed by atoms with Crippen LogP contribution < -0.4 is 0 Å². The number of allylic oxidation sites excluding steroid dienone is 1. The Bertz CT molecular complexity index is 317. The predicted molar refractivity (Wildman–Crippen MR) is 47.9 cm³/mol. The molecule has 82 valence electrons. The SMILES string of the molecule is C=C(C)C(=O)CC(O)COS(=O)(=O)O. The molecule has 0 aliphatic carbocycles. The van der Waals surface area contributed by atoms with E-state index in [1.54, 1.807) is 0 Å². The van der Waals surface area contributed by atoms with Crippen molar-refractivity contribution in [2.24, 2.45) is 0 Å². The van der Waals surface area contributed by atoms with Crippen LogP contribution >= 0.6 is 0 Å². The van der Waals surface area contributed by atoms with E-state index in [0.717, 1.165) is 0 Å². The van der Waals surface area contributed by atoms with Crippen LogP contribution in [0.4, 0.5) is 0 Å². The molecule has 0 saturated heterocycles. The third-order valence-corrected chi connectivity index (χ3v) is 1.74. The van der Waals surface area contributed by atoms with Gasteiger partial charge in [0, 0.05) is 6.42 Å². The number of ketones is 1. The lowest BCUT2D eigenvalue weighted by atomic mass is 10.1. The van der Waals surface area contributed by atoms with Crippen molar-refractivity contribution in [3.05, 3.63) is 12.2 Å². The van der Waals surface area contributed by atoms with Gasteiger partial charge in [-0.1, -0.05) is 6.58 Å². The Hall–Kier alpha value is -0.760. The molecular formula is C7H12O6S. The molecular weight excluding hydrogens is 212 g/mol. The minimum Gasteiger partial charge on any atom is -0.390 e. The summed E-state index contributed by atoms with van der Waals surface area (Å²) in [6, 6.07) is 0. The van der Waals surface area contributed by atoms with Crippen molar-refractivity contribution >= 4 is 16.2 Å². The number of carbonyl (C=O) groups is 1. The van der Waals surface area contributed by atoms with Crippen LogP contribution in [0, 0.1) is 0 Å². The molecule has 0 radical (unpaired) electrons. The number of carbonyl (C=O) groups excluding carboxylic acids is 1. The van der Waals surface area contributed by atoms with E-state index in [1.165, 1.54) is 6.92 Å². The molecule has 6 nitrogen and oxygen atoms in total. The average Bonchev–Trinajstić information content (AvgIpc) is 1.99. The second-order valence-corrected chi connectivity index (χ2v) is 3.86. The molecule has 0 aromatic heterocycles. The lowest BCUT2D eigenvalue weighted by Gasteiger charge is -2.07. The molecule has 0 aliphatic rings. The Morgan fingerprint density at radius 3 is 2.43 bits per heavy atom. The second-order valence-electron chi connectivity index (χ2n) is 2.77. The van der Waals surface area contributed by atoms with Gasteiger partial charge in [-0.05, 0) is 12.5 Å². The summed E-state index contributed by atoms with van der Waals surface area (Å²) in [5, 5.41) is 9.07. The molecule has 0 aliphatic heterocycles. The number of Topliss-reactive ketones (excluding diaryl/α,β-unsaturated/α-hetero) is 1. The van der Waals surface area contributed by atoms with Gasteiger partial charge in [-0.25, -0.2) is 4.18 Å². The van der Waals surface area contributed by atoms with Gasteiger partial charge >= 0.3 is 10.4 Å². The van der Waals surface area contributed by atoms with Crippen LogP contribution in [0.25, 0.3) is 0 Å². The van der Waals surface area contributed by atoms with Crippen molar-refractivity contribution in [3.8, 4) is 0 Å². The summed E-state index contributed by atoms with van der Waals surface area (Å²) >= 11 is 0. The van der Waals surface area contributed by atoms with E-state index in [2.05, 4.69) is 10.8 Å². The van der Waals surface area contributed by atoms with Gasteiger partial charge in [0.15, 0.2) is 5.78 Å². The molecule has 0 bridgehead atoms. The minimum atomic E-state index is -4.57. The minimum absolute atomic E-state index is 0.260. The average molecular weight is 224 g/mol. The van der Waals surface area contributed by atoms with Gasteiger partial charge in [0.05, 0.1) is 12.7 Å². The summed E-state index contributed by atoms with van der Waals surface area (Å²) in [6.07, 6.45) is -1.56. The van der Waals surface area contributed by atoms with Crippen LogP contribution in [0.5, 0.6) is 0 Å². The first-order valence-electron chi connectivity index (χ1n) is 3.71. The highest BCUT2D eigenvalue weighted by molar-refractivity contribution is 7.80. The van der Waals surface area contributed by atoms with Gasteiger partial charge in [0.1, 0.15) is 0 Å². The quantitative estimate of drug-likeness (QED) is 0.474. The Labute approximate surface area is 82.1 Å². The van der Waals surface area contributed by atoms with E-state index >= 15 is 0 Å². The van der Waals surface area contributed by atoms with E-state index in [0.29, 0.717) is 0 Å². The summed E-state index contributed by atoms with van der Waals surface area (Å²) in [5.41, 5.74) is 0.260. The Balaban J connectivity index is 3.94. The molecule has 7 heteroatoms. The van der Waals surface area contributed by atoms with Gasteiger partial charge in [0.2, 0.25) is 0 Å². The van der Waals surface area contributed by atoms with Crippen molar-refractivity contribution in [2.75, 3.05) is 6.61 Å². The van der Waals surface area contributed by atoms with E-state index in [9.17, 15) is 13.2 Å². The Kier molecular flexibility index (Phi) is 4.92. The predicted octanol–water partition coefficient (Wildman–Crippen LogP) is -0.298. The Morgan fingerprint density at radius 2 is 2.07 bits per heavy atom. The molecule has 0 rings (SSSR count). The van der Waals surface area contributed by atoms with Crippen LogP contribution in [0.1, 0.15) is 13.3 Å². The molecule has 1 unspecified atom stereocenters. The fourth-order valence-corrected chi connectivity index (χ4v) is 0.941. The maximum absolute atomic E-state index is 11.0. The number of hydrogen-bond donors (Lipinski definition) is 2. The summed E-state index contributed by atoms with van der Waals surface area (Å²) < 4.78 is 32.2. The largest absolute Gasteiger partial charge is 0.397 e. The van der Waals surface area contributed by atoms with Crippen molar-refractivity contribution in [1.82, 2.24) is 0 Å². The fraction of sp³-hybridized carbons (Fsp3) is 0.571. The summed E-state index contributed by atoms with van der Waals surface area (Å²) in [4.78, 5) is 11.0. The normalized spacial score (nSPS) is 13.6. The zero-order valence-electron chi connectivity index (χ0n) is 7.63. The lowest BCUT2D eigenvalue weighted by molar-refractivity contribution is -0.117. The number of aliphatic hydroxyl groups is 1. The molecule has 0 saturated carbocycles. The van der Waals surface area contributed by atoms with E-state index in [-0.39, 0.29) is 12.0 Å². The van der Waals surface area contributed by atoms with Crippen LogP contribution in [0.2, 0.25) is 0 Å². The molecule has 0 amide bonds. The number of rotatable bonds is 6. The van der Waals surface area contributed by atoms with Gasteiger partial charge < -0.3 is 5.11 Å². The van der Waals surface area contributed by atoms with Gasteiger partial charge in [-0.3, -0.25) is 9.35 Å². The first kappa shape index (κ1) is 13.2. The number of hydrogen-bond acceptors (Lipinski definition) is 5. The molecule has 0 spiro atoms. The van der Waals surface area contributed by atoms with E-state index in [4.69, 9.17) is 9.66 Å². The monoisotopic (exact) mass is 224 g/mol. The van der Waals surface area contributed by atoms with Gasteiger partial charge in [-0.2, -0.15) is 8.42 Å². The third kappa shape index (κ3) is 6.72. The van der Waals surface area contributed by atoms with Crippen molar-refractivity contribution in [1.29, 1.82) is 0 Å². The topological polar surface area (TPSA) is 101 Å². The smallest absolute Gasteiger partial charge is 0.390 e. The van der Waals surface area contributed by atoms with E-state index in [1.807, 2.05) is 0 Å². The molecule has 1 atom stereocenters. The molecule has 2 N–H and O–H groups in total. The molecule has 0 aromatic carbocycles. The highest BCUT2D eigenvalue weighted by atomic mass is 32.3. The maximum Gasteiger partial charge on any atom is 0.397 e. The van der Waals surface area contributed by atoms with Crippen LogP contribution in [-0.4, -0.2) is 36.6 Å². The van der Waals surface area contributed by atoms with Crippen molar-refractivity contribution < 1.29 is 27.1 Å². The van der Waals surface area contributed by atoms with Crippen LogP contribution in [-0.2, 0) is 19.4 Å². The summed E-state index contributed by atoms with van der Waals surface area (Å²) in [6.45, 7) is 4.16. The third-order valence-electron chi connectivity index (χ3n) is 1.31. The zero-order valence-corrected chi connectivity index (χ0v) is 8.45. The van der Waals surface area contributed by atoms with Gasteiger partial charge in [-0.15, -0.1) is 0 Å². The highest BCUT2D eigenvalue weighted by Crippen LogP contribution is 2.01. The van der Waals surface area contributed by atoms with Crippen LogP contribution in [0.3, 0.4) is 0 Å². The number of aliphatic hydroxyl groups excluding tert-OH is 1. The molecule has 0 aromatic rings. The van der Waals surface area contributed by atoms with E-state index < -0.39 is 28.9 Å². The first-order valence-corrected chi connectivity index (χ1v) is 5.07. The molecule has 14 heavy (non-hydrogen) atoms. The summed E-state index contributed by atoms with van der Waals surface area (Å²) in [5.74, 6) is -0.392. The second kappa shape index (κ2) is 5.20. The first-order chi connectivity index (χ1) is 6.22. The lowest BCUT2D eigenvalue weighted by Crippen LogP contribution is -2.21. The fourth-order valence-electron chi connectivity index (χ4n) is 0.612. The van der Waals surface area contributed by atoms with Gasteiger partial charge in [0.25, 0.3) is 0 Å². The molecule has 0 heterocycles. The summed E-state index contributed by atoms with van der Waals surface area (Å²) in [7, 11) is -4.57.